The van der Waals surface area contributed by atoms with Crippen LogP contribution in [0.4, 0.5) is 0 Å². The zero-order valence-corrected chi connectivity index (χ0v) is 10.8. The molecular weight excluding hydrogens is 208 g/mol. The Morgan fingerprint density at radius 2 is 2.00 bits per heavy atom. The minimum atomic E-state index is 0.498. The molecule has 2 rings (SSSR count). The summed E-state index contributed by atoms with van der Waals surface area (Å²) < 4.78 is 0. The van der Waals surface area contributed by atoms with Crippen LogP contribution in [-0.2, 0) is 0 Å². The molecule has 1 N–H and O–H groups in total. The predicted molar refractivity (Wildman–Crippen MR) is 73.3 cm³/mol. The largest absolute Gasteiger partial charge is 0.316 e. The average molecular weight is 228 g/mol. The van der Waals surface area contributed by atoms with E-state index >= 15 is 0 Å². The number of nitrogens with one attached hydrogen (secondary N) is 1. The number of hydrogen-bond donors (Lipinski definition) is 1. The summed E-state index contributed by atoms with van der Waals surface area (Å²) in [5, 5.41) is 4.67. The molecule has 0 spiro atoms. The highest BCUT2D eigenvalue weighted by Crippen LogP contribution is 2.27. The van der Waals surface area contributed by atoms with Crippen molar-refractivity contribution >= 4 is 10.9 Å². The number of fused-ring (bicyclic) bond motifs is 1. The monoisotopic (exact) mass is 228 g/mol. The minimum absolute atomic E-state index is 0.498. The van der Waals surface area contributed by atoms with Gasteiger partial charge in [0.25, 0.3) is 0 Å². The van der Waals surface area contributed by atoms with Crippen LogP contribution in [0.5, 0.6) is 0 Å². The van der Waals surface area contributed by atoms with E-state index in [4.69, 9.17) is 0 Å². The van der Waals surface area contributed by atoms with Crippen molar-refractivity contribution in [2.24, 2.45) is 0 Å². The molecule has 0 aliphatic rings. The average Bonchev–Trinajstić information content (AvgIpc) is 2.39. The zero-order chi connectivity index (χ0) is 12.3. The molecule has 1 aromatic carbocycles. The van der Waals surface area contributed by atoms with Gasteiger partial charge in [-0.1, -0.05) is 32.0 Å². The maximum atomic E-state index is 4.41. The number of likely N-dealkylation sites (N-methyl/N-ethyl adjacent to an activating group) is 1. The summed E-state index contributed by atoms with van der Waals surface area (Å²) in [7, 11) is 2.04. The van der Waals surface area contributed by atoms with E-state index in [2.05, 4.69) is 48.4 Å². The first-order valence-corrected chi connectivity index (χ1v) is 6.28. The molecular formula is C15H20N2. The summed E-state index contributed by atoms with van der Waals surface area (Å²) >= 11 is 0. The van der Waals surface area contributed by atoms with Gasteiger partial charge in [-0.25, -0.2) is 0 Å². The Morgan fingerprint density at radius 1 is 1.24 bits per heavy atom. The lowest BCUT2D eigenvalue weighted by Gasteiger charge is -2.23. The molecule has 2 atom stereocenters. The van der Waals surface area contributed by atoms with Gasteiger partial charge in [-0.2, -0.15) is 0 Å². The first kappa shape index (κ1) is 12.1. The number of rotatable bonds is 4. The highest BCUT2D eigenvalue weighted by molar-refractivity contribution is 5.82. The summed E-state index contributed by atoms with van der Waals surface area (Å²) in [6.45, 7) is 4.51. The van der Waals surface area contributed by atoms with Crippen LogP contribution in [0.1, 0.15) is 31.7 Å². The minimum Gasteiger partial charge on any atom is -0.316 e. The van der Waals surface area contributed by atoms with E-state index in [1.165, 1.54) is 10.9 Å². The van der Waals surface area contributed by atoms with E-state index in [1.807, 2.05) is 19.3 Å². The summed E-state index contributed by atoms with van der Waals surface area (Å²) in [6, 6.07) is 11.0. The van der Waals surface area contributed by atoms with E-state index in [1.54, 1.807) is 0 Å². The van der Waals surface area contributed by atoms with Gasteiger partial charge in [0.05, 0.1) is 5.52 Å². The SMILES string of the molecule is CCC(NC)C(C)c1ccnc2ccccc12. The smallest absolute Gasteiger partial charge is 0.0704 e. The highest BCUT2D eigenvalue weighted by Gasteiger charge is 2.17. The molecule has 1 heterocycles. The highest BCUT2D eigenvalue weighted by atomic mass is 14.9. The van der Waals surface area contributed by atoms with Crippen LogP contribution in [0.2, 0.25) is 0 Å². The molecule has 2 unspecified atom stereocenters. The Hall–Kier alpha value is -1.41. The van der Waals surface area contributed by atoms with Gasteiger partial charge in [0.2, 0.25) is 0 Å². The number of hydrogen-bond acceptors (Lipinski definition) is 2. The molecule has 2 heteroatoms. The molecule has 1 aromatic heterocycles. The Balaban J connectivity index is 2.47. The van der Waals surface area contributed by atoms with Gasteiger partial charge in [0.15, 0.2) is 0 Å². The Bertz CT molecular complexity index is 484. The second kappa shape index (κ2) is 5.28. The van der Waals surface area contributed by atoms with Crippen molar-refractivity contribution < 1.29 is 0 Å². The molecule has 2 aromatic rings. The number of nitrogens with zero attached hydrogens (tertiary/aromatic N) is 1. The van der Waals surface area contributed by atoms with Crippen molar-refractivity contribution in [2.45, 2.75) is 32.2 Å². The fourth-order valence-electron chi connectivity index (χ4n) is 2.54. The van der Waals surface area contributed by atoms with Crippen molar-refractivity contribution in [1.82, 2.24) is 10.3 Å². The molecule has 0 bridgehead atoms. The number of pyridine rings is 1. The van der Waals surface area contributed by atoms with Crippen LogP contribution < -0.4 is 5.32 Å². The standard InChI is InChI=1S/C15H20N2/c1-4-14(16-3)11(2)12-9-10-17-15-8-6-5-7-13(12)15/h5-11,14,16H,4H2,1-3H3. The van der Waals surface area contributed by atoms with E-state index < -0.39 is 0 Å². The van der Waals surface area contributed by atoms with E-state index in [0.29, 0.717) is 12.0 Å². The Kier molecular flexibility index (Phi) is 3.75. The molecule has 2 nitrogen and oxygen atoms in total. The molecule has 0 amide bonds. The topological polar surface area (TPSA) is 24.9 Å². The summed E-state index contributed by atoms with van der Waals surface area (Å²) in [4.78, 5) is 4.41. The third-order valence-corrected chi connectivity index (χ3v) is 3.59. The molecule has 0 saturated carbocycles. The second-order valence-corrected chi connectivity index (χ2v) is 4.51. The van der Waals surface area contributed by atoms with E-state index in [9.17, 15) is 0 Å². The third kappa shape index (κ3) is 2.32. The normalized spacial score (nSPS) is 14.8. The molecule has 0 saturated heterocycles. The maximum Gasteiger partial charge on any atom is 0.0704 e. The lowest BCUT2D eigenvalue weighted by Crippen LogP contribution is -2.30. The summed E-state index contributed by atoms with van der Waals surface area (Å²) in [5.41, 5.74) is 2.47. The predicted octanol–water partition coefficient (Wildman–Crippen LogP) is 3.34. The van der Waals surface area contributed by atoms with Crippen LogP contribution in [0.25, 0.3) is 10.9 Å². The maximum absolute atomic E-state index is 4.41. The Labute approximate surface area is 103 Å². The molecule has 0 aliphatic heterocycles. The van der Waals surface area contributed by atoms with E-state index in [-0.39, 0.29) is 0 Å². The lowest BCUT2D eigenvalue weighted by molar-refractivity contribution is 0.474. The van der Waals surface area contributed by atoms with Crippen LogP contribution in [0.3, 0.4) is 0 Å². The van der Waals surface area contributed by atoms with Gasteiger partial charge >= 0.3 is 0 Å². The summed E-state index contributed by atoms with van der Waals surface area (Å²) in [6.07, 6.45) is 3.05. The second-order valence-electron chi connectivity index (χ2n) is 4.51. The van der Waals surface area contributed by atoms with Gasteiger partial charge in [-0.05, 0) is 37.1 Å². The fourth-order valence-corrected chi connectivity index (χ4v) is 2.54. The number of aromatic nitrogens is 1. The third-order valence-electron chi connectivity index (χ3n) is 3.59. The lowest BCUT2D eigenvalue weighted by atomic mass is 9.89. The van der Waals surface area contributed by atoms with Crippen molar-refractivity contribution in [3.05, 3.63) is 42.1 Å². The van der Waals surface area contributed by atoms with Crippen molar-refractivity contribution in [3.8, 4) is 0 Å². The van der Waals surface area contributed by atoms with Gasteiger partial charge < -0.3 is 5.32 Å². The summed E-state index contributed by atoms with van der Waals surface area (Å²) in [5.74, 6) is 0.498. The van der Waals surface area contributed by atoms with Crippen molar-refractivity contribution in [3.63, 3.8) is 0 Å². The molecule has 0 aliphatic carbocycles. The molecule has 17 heavy (non-hydrogen) atoms. The molecule has 0 fully saturated rings. The van der Waals surface area contributed by atoms with Crippen LogP contribution in [-0.4, -0.2) is 18.1 Å². The quantitative estimate of drug-likeness (QED) is 0.868. The van der Waals surface area contributed by atoms with Crippen LogP contribution in [0, 0.1) is 0 Å². The van der Waals surface area contributed by atoms with Gasteiger partial charge in [-0.15, -0.1) is 0 Å². The number of benzene rings is 1. The van der Waals surface area contributed by atoms with Crippen LogP contribution in [0.15, 0.2) is 36.5 Å². The van der Waals surface area contributed by atoms with Crippen LogP contribution >= 0.6 is 0 Å². The van der Waals surface area contributed by atoms with E-state index in [0.717, 1.165) is 11.9 Å². The fraction of sp³-hybridized carbons (Fsp3) is 0.400. The van der Waals surface area contributed by atoms with Gasteiger partial charge in [0.1, 0.15) is 0 Å². The first-order chi connectivity index (χ1) is 8.27. The number of para-hydroxylation sites is 1. The Morgan fingerprint density at radius 3 is 2.71 bits per heavy atom. The zero-order valence-electron chi connectivity index (χ0n) is 10.8. The van der Waals surface area contributed by atoms with Gasteiger partial charge in [-0.3, -0.25) is 4.98 Å². The first-order valence-electron chi connectivity index (χ1n) is 6.28. The molecule has 90 valence electrons. The van der Waals surface area contributed by atoms with Gasteiger partial charge in [0, 0.05) is 17.6 Å². The van der Waals surface area contributed by atoms with Crippen molar-refractivity contribution in [1.29, 1.82) is 0 Å². The molecule has 0 radical (unpaired) electrons. The van der Waals surface area contributed by atoms with Crippen molar-refractivity contribution in [2.75, 3.05) is 7.05 Å².